The van der Waals surface area contributed by atoms with Crippen LogP contribution in [0.4, 0.5) is 0 Å². The molecule has 1 aliphatic rings. The summed E-state index contributed by atoms with van der Waals surface area (Å²) in [5.74, 6) is 0.611. The Labute approximate surface area is 138 Å². The highest BCUT2D eigenvalue weighted by atomic mass is 35.7. The minimum Gasteiger partial charge on any atom is -0.378 e. The number of ether oxygens (including phenoxy) is 1. The van der Waals surface area contributed by atoms with Crippen LogP contribution in [0, 0.1) is 11.3 Å². The van der Waals surface area contributed by atoms with Crippen molar-refractivity contribution < 1.29 is 4.74 Å². The maximum absolute atomic E-state index is 8.83. The van der Waals surface area contributed by atoms with Gasteiger partial charge in [0, 0.05) is 6.61 Å². The topological polar surface area (TPSA) is 33.0 Å². The molecular weight excluding hydrogens is 321 g/mol. The fourth-order valence-electron chi connectivity index (χ4n) is 2.88. The molecule has 0 amide bonds. The first kappa shape index (κ1) is 16.8. The Morgan fingerprint density at radius 2 is 1.81 bits per heavy atom. The van der Waals surface area contributed by atoms with Crippen LogP contribution < -0.4 is 0 Å². The first-order chi connectivity index (χ1) is 10.2. The van der Waals surface area contributed by atoms with Gasteiger partial charge in [-0.25, -0.2) is 0 Å². The lowest BCUT2D eigenvalue weighted by molar-refractivity contribution is 0.0251. The summed E-state index contributed by atoms with van der Waals surface area (Å²) in [6.45, 7) is 0.787. The van der Waals surface area contributed by atoms with Crippen molar-refractivity contribution in [2.45, 2.75) is 50.2 Å². The molecular formula is C16H21Cl2NOSi. The van der Waals surface area contributed by atoms with Crippen LogP contribution in [0.5, 0.6) is 0 Å². The Morgan fingerprint density at radius 3 is 2.38 bits per heavy atom. The summed E-state index contributed by atoms with van der Waals surface area (Å²) >= 11 is 11.7. The van der Waals surface area contributed by atoms with Gasteiger partial charge in [-0.15, -0.1) is 0 Å². The summed E-state index contributed by atoms with van der Waals surface area (Å²) in [7, 11) is -1.46. The predicted octanol–water partition coefficient (Wildman–Crippen LogP) is 4.69. The van der Waals surface area contributed by atoms with Crippen molar-refractivity contribution in [2.75, 3.05) is 6.61 Å². The van der Waals surface area contributed by atoms with Gasteiger partial charge in [0.2, 0.25) is 7.42 Å². The average molecular weight is 342 g/mol. The van der Waals surface area contributed by atoms with Gasteiger partial charge in [-0.1, -0.05) is 12.1 Å². The molecule has 1 aromatic rings. The highest BCUT2D eigenvalue weighted by Crippen LogP contribution is 2.34. The lowest BCUT2D eigenvalue weighted by Crippen LogP contribution is -2.21. The van der Waals surface area contributed by atoms with Crippen LogP contribution in [0.3, 0.4) is 0 Å². The summed E-state index contributed by atoms with van der Waals surface area (Å²) in [6.07, 6.45) is 5.95. The number of halogens is 2. The fourth-order valence-corrected chi connectivity index (χ4v) is 4.28. The van der Waals surface area contributed by atoms with Gasteiger partial charge in [-0.2, -0.15) is 27.4 Å². The highest BCUT2D eigenvalue weighted by Gasteiger charge is 2.22. The van der Waals surface area contributed by atoms with E-state index < -0.39 is 7.42 Å². The Kier molecular flexibility index (Phi) is 7.05. The molecule has 0 spiro atoms. The molecule has 0 unspecified atom stereocenters. The van der Waals surface area contributed by atoms with E-state index in [9.17, 15) is 0 Å². The second kappa shape index (κ2) is 8.80. The molecule has 0 heterocycles. The van der Waals surface area contributed by atoms with E-state index in [1.165, 1.54) is 18.4 Å². The standard InChI is InChI=1S/C16H21Cl2NOSi/c17-21(18)11-1-10-20-16-8-6-15(7-9-16)14-4-2-13(12-19)3-5-14/h2-5,15-16,21H,1,6-11H2. The second-order valence-electron chi connectivity index (χ2n) is 5.61. The van der Waals surface area contributed by atoms with Crippen molar-refractivity contribution in [3.63, 3.8) is 0 Å². The third-order valence-electron chi connectivity index (χ3n) is 4.11. The Bertz CT molecular complexity index is 464. The summed E-state index contributed by atoms with van der Waals surface area (Å²) < 4.78 is 5.92. The lowest BCUT2D eigenvalue weighted by atomic mass is 9.82. The minimum absolute atomic E-state index is 0.394. The SMILES string of the molecule is N#Cc1ccc(C2CCC(OCCC[SiH](Cl)Cl)CC2)cc1. The lowest BCUT2D eigenvalue weighted by Gasteiger charge is -2.29. The van der Waals surface area contributed by atoms with Crippen molar-refractivity contribution in [3.8, 4) is 6.07 Å². The Hall–Kier alpha value is -0.533. The van der Waals surface area contributed by atoms with Crippen LogP contribution in [0.2, 0.25) is 6.04 Å². The van der Waals surface area contributed by atoms with Gasteiger partial charge in [0.05, 0.1) is 17.7 Å². The molecule has 0 aliphatic heterocycles. The normalized spacial score (nSPS) is 22.2. The Morgan fingerprint density at radius 1 is 1.14 bits per heavy atom. The molecule has 1 fully saturated rings. The van der Waals surface area contributed by atoms with E-state index >= 15 is 0 Å². The molecule has 5 heteroatoms. The molecule has 0 aromatic heterocycles. The Balaban J connectivity index is 1.71. The van der Waals surface area contributed by atoms with Gasteiger partial charge in [0.25, 0.3) is 0 Å². The minimum atomic E-state index is -1.46. The number of nitriles is 1. The van der Waals surface area contributed by atoms with Crippen LogP contribution in [0.1, 0.15) is 49.1 Å². The van der Waals surface area contributed by atoms with E-state index in [-0.39, 0.29) is 0 Å². The quantitative estimate of drug-likeness (QED) is 0.427. The zero-order chi connectivity index (χ0) is 15.1. The van der Waals surface area contributed by atoms with Crippen LogP contribution >= 0.6 is 22.2 Å². The van der Waals surface area contributed by atoms with Crippen molar-refractivity contribution in [2.24, 2.45) is 0 Å². The monoisotopic (exact) mass is 341 g/mol. The van der Waals surface area contributed by atoms with Crippen molar-refractivity contribution in [1.29, 1.82) is 5.26 Å². The van der Waals surface area contributed by atoms with Crippen LogP contribution in [0.15, 0.2) is 24.3 Å². The number of hydrogen-bond acceptors (Lipinski definition) is 2. The van der Waals surface area contributed by atoms with Crippen molar-refractivity contribution in [1.82, 2.24) is 0 Å². The van der Waals surface area contributed by atoms with Gasteiger partial charge in [-0.3, -0.25) is 0 Å². The van der Waals surface area contributed by atoms with E-state index in [0.717, 1.165) is 37.5 Å². The van der Waals surface area contributed by atoms with Crippen LogP contribution in [-0.4, -0.2) is 20.1 Å². The van der Waals surface area contributed by atoms with E-state index in [1.54, 1.807) is 0 Å². The van der Waals surface area contributed by atoms with Gasteiger partial charge >= 0.3 is 0 Å². The molecule has 0 N–H and O–H groups in total. The molecule has 0 bridgehead atoms. The molecule has 2 nitrogen and oxygen atoms in total. The van der Waals surface area contributed by atoms with Gasteiger partial charge in [-0.05, 0) is 61.8 Å². The largest absolute Gasteiger partial charge is 0.378 e. The average Bonchev–Trinajstić information content (AvgIpc) is 2.52. The number of benzene rings is 1. The van der Waals surface area contributed by atoms with Gasteiger partial charge in [0.1, 0.15) is 0 Å². The maximum Gasteiger partial charge on any atom is 0.237 e. The van der Waals surface area contributed by atoms with E-state index in [1.807, 2.05) is 12.1 Å². The molecule has 21 heavy (non-hydrogen) atoms. The second-order valence-corrected chi connectivity index (χ2v) is 10.8. The number of nitrogens with zero attached hydrogens (tertiary/aromatic N) is 1. The zero-order valence-electron chi connectivity index (χ0n) is 12.1. The smallest absolute Gasteiger partial charge is 0.237 e. The van der Waals surface area contributed by atoms with Gasteiger partial charge in [0.15, 0.2) is 0 Å². The van der Waals surface area contributed by atoms with E-state index in [2.05, 4.69) is 18.2 Å². The molecule has 114 valence electrons. The van der Waals surface area contributed by atoms with Crippen molar-refractivity contribution in [3.05, 3.63) is 35.4 Å². The van der Waals surface area contributed by atoms with E-state index in [0.29, 0.717) is 12.0 Å². The van der Waals surface area contributed by atoms with Crippen LogP contribution in [-0.2, 0) is 4.74 Å². The molecule has 0 radical (unpaired) electrons. The van der Waals surface area contributed by atoms with Crippen LogP contribution in [0.25, 0.3) is 0 Å². The number of rotatable bonds is 6. The first-order valence-electron chi connectivity index (χ1n) is 7.59. The summed E-state index contributed by atoms with van der Waals surface area (Å²) in [4.78, 5) is 0. The molecule has 0 atom stereocenters. The highest BCUT2D eigenvalue weighted by molar-refractivity contribution is 7.33. The molecule has 0 saturated heterocycles. The maximum atomic E-state index is 8.83. The molecule has 1 aliphatic carbocycles. The van der Waals surface area contributed by atoms with E-state index in [4.69, 9.17) is 32.2 Å². The summed E-state index contributed by atoms with van der Waals surface area (Å²) in [5, 5.41) is 8.83. The third kappa shape index (κ3) is 5.63. The molecule has 1 saturated carbocycles. The first-order valence-corrected chi connectivity index (χ1v) is 11.9. The zero-order valence-corrected chi connectivity index (χ0v) is 14.8. The predicted molar refractivity (Wildman–Crippen MR) is 90.4 cm³/mol. The number of hydrogen-bond donors (Lipinski definition) is 0. The molecule has 2 rings (SSSR count). The molecule has 1 aromatic carbocycles. The summed E-state index contributed by atoms with van der Waals surface area (Å²) in [6, 6.07) is 11.1. The fraction of sp³-hybridized carbons (Fsp3) is 0.562. The summed E-state index contributed by atoms with van der Waals surface area (Å²) in [5.41, 5.74) is 2.08. The van der Waals surface area contributed by atoms with Gasteiger partial charge < -0.3 is 4.74 Å². The third-order valence-corrected chi connectivity index (χ3v) is 6.26. The van der Waals surface area contributed by atoms with Crippen molar-refractivity contribution >= 4 is 29.6 Å².